The van der Waals surface area contributed by atoms with Gasteiger partial charge in [-0.15, -0.1) is 0 Å². The Hall–Kier alpha value is -3.90. The van der Waals surface area contributed by atoms with Gasteiger partial charge in [-0.25, -0.2) is 8.42 Å². The summed E-state index contributed by atoms with van der Waals surface area (Å²) in [4.78, 5) is 12.7. The van der Waals surface area contributed by atoms with Crippen LogP contribution in [-0.2, 0) is 21.2 Å². The van der Waals surface area contributed by atoms with E-state index < -0.39 is 10.0 Å². The molecule has 5 nitrogen and oxygen atoms in total. The molecule has 0 bridgehead atoms. The van der Waals surface area contributed by atoms with Crippen molar-refractivity contribution in [2.24, 2.45) is 0 Å². The zero-order valence-electron chi connectivity index (χ0n) is 19.1. The molecule has 0 fully saturated rings. The molecule has 34 heavy (non-hydrogen) atoms. The maximum Gasteiger partial charge on any atom is 0.261 e. The predicted octanol–water partition coefficient (Wildman–Crippen LogP) is 5.95. The molecule has 0 saturated heterocycles. The minimum Gasteiger partial charge on any atom is -0.326 e. The Kier molecular flexibility index (Phi) is 6.80. The van der Waals surface area contributed by atoms with Crippen LogP contribution in [0.3, 0.4) is 0 Å². The van der Waals surface area contributed by atoms with Crippen molar-refractivity contribution >= 4 is 27.3 Å². The van der Waals surface area contributed by atoms with E-state index in [1.807, 2.05) is 80.6 Å². The average molecular weight is 471 g/mol. The fraction of sp³-hybridized carbons (Fsp3) is 0.107. The Morgan fingerprint density at radius 1 is 0.706 bits per heavy atom. The predicted molar refractivity (Wildman–Crippen MR) is 137 cm³/mol. The van der Waals surface area contributed by atoms with Crippen LogP contribution in [0.5, 0.6) is 0 Å². The van der Waals surface area contributed by atoms with Gasteiger partial charge >= 0.3 is 0 Å². The Labute approximate surface area is 200 Å². The monoisotopic (exact) mass is 470 g/mol. The molecule has 0 aromatic heterocycles. The summed E-state index contributed by atoms with van der Waals surface area (Å²) in [5.41, 5.74) is 5.89. The first-order valence-electron chi connectivity index (χ1n) is 10.9. The number of sulfonamides is 1. The molecule has 4 aromatic carbocycles. The van der Waals surface area contributed by atoms with Gasteiger partial charge in [-0.3, -0.25) is 9.52 Å². The van der Waals surface area contributed by atoms with E-state index in [2.05, 4.69) is 10.0 Å². The van der Waals surface area contributed by atoms with Crippen molar-refractivity contribution in [1.29, 1.82) is 0 Å². The lowest BCUT2D eigenvalue weighted by molar-refractivity contribution is -0.115. The first-order chi connectivity index (χ1) is 16.3. The molecule has 0 spiro atoms. The molecular weight excluding hydrogens is 444 g/mol. The summed E-state index contributed by atoms with van der Waals surface area (Å²) in [6.45, 7) is 3.94. The molecule has 0 unspecified atom stereocenters. The van der Waals surface area contributed by atoms with E-state index in [1.54, 1.807) is 30.3 Å². The Bertz CT molecular complexity index is 1410. The lowest BCUT2D eigenvalue weighted by atomic mass is 10.0. The number of rotatable bonds is 7. The van der Waals surface area contributed by atoms with E-state index in [-0.39, 0.29) is 17.2 Å². The van der Waals surface area contributed by atoms with Gasteiger partial charge in [-0.05, 0) is 66.9 Å². The molecule has 0 aliphatic rings. The largest absolute Gasteiger partial charge is 0.326 e. The molecule has 0 radical (unpaired) electrons. The molecule has 4 aromatic rings. The third kappa shape index (κ3) is 5.91. The molecular formula is C28H26N2O3S. The van der Waals surface area contributed by atoms with Gasteiger partial charge in [0, 0.05) is 11.4 Å². The fourth-order valence-electron chi connectivity index (χ4n) is 3.57. The lowest BCUT2D eigenvalue weighted by Crippen LogP contribution is -2.14. The van der Waals surface area contributed by atoms with Gasteiger partial charge in [-0.1, -0.05) is 71.8 Å². The molecule has 0 heterocycles. The van der Waals surface area contributed by atoms with Crippen LogP contribution in [0.1, 0.15) is 16.7 Å². The number of benzene rings is 4. The van der Waals surface area contributed by atoms with E-state index in [4.69, 9.17) is 0 Å². The van der Waals surface area contributed by atoms with E-state index in [1.165, 1.54) is 0 Å². The van der Waals surface area contributed by atoms with Gasteiger partial charge in [0.1, 0.15) is 0 Å². The summed E-state index contributed by atoms with van der Waals surface area (Å²) in [6.07, 6.45) is 0.217. The van der Waals surface area contributed by atoms with Crippen LogP contribution in [0.4, 0.5) is 11.4 Å². The highest BCUT2D eigenvalue weighted by Crippen LogP contribution is 2.25. The fourth-order valence-corrected chi connectivity index (χ4v) is 4.67. The standard InChI is InChI=1S/C28H26N2O3S/c1-20-9-13-25(14-10-20)29-28(31)18-22-5-3-6-23(17-22)24-7-4-8-27(19-24)34(32,33)30-26-15-11-21(2)12-16-26/h3-17,19,30H,18H2,1-2H3,(H,29,31). The van der Waals surface area contributed by atoms with Crippen LogP contribution in [-0.4, -0.2) is 14.3 Å². The number of hydrogen-bond acceptors (Lipinski definition) is 3. The summed E-state index contributed by atoms with van der Waals surface area (Å²) in [5.74, 6) is -0.111. The van der Waals surface area contributed by atoms with Gasteiger partial charge in [0.05, 0.1) is 11.3 Å². The van der Waals surface area contributed by atoms with Gasteiger partial charge in [-0.2, -0.15) is 0 Å². The van der Waals surface area contributed by atoms with Crippen LogP contribution >= 0.6 is 0 Å². The van der Waals surface area contributed by atoms with Crippen molar-refractivity contribution in [3.8, 4) is 11.1 Å². The second-order valence-electron chi connectivity index (χ2n) is 8.29. The number of aryl methyl sites for hydroxylation is 2. The summed E-state index contributed by atoms with van der Waals surface area (Å²) in [5, 5.41) is 2.91. The van der Waals surface area contributed by atoms with Crippen LogP contribution in [0.25, 0.3) is 11.1 Å². The Balaban J connectivity index is 1.51. The maximum absolute atomic E-state index is 12.9. The van der Waals surface area contributed by atoms with Crippen molar-refractivity contribution in [1.82, 2.24) is 0 Å². The third-order valence-corrected chi connectivity index (χ3v) is 6.79. The molecule has 1 amide bonds. The topological polar surface area (TPSA) is 75.3 Å². The van der Waals surface area contributed by atoms with E-state index in [0.29, 0.717) is 5.69 Å². The molecule has 172 valence electrons. The van der Waals surface area contributed by atoms with Crippen LogP contribution < -0.4 is 10.0 Å². The molecule has 2 N–H and O–H groups in total. The molecule has 4 rings (SSSR count). The Morgan fingerprint density at radius 3 is 1.91 bits per heavy atom. The number of anilines is 2. The lowest BCUT2D eigenvalue weighted by Gasteiger charge is -2.11. The highest BCUT2D eigenvalue weighted by molar-refractivity contribution is 7.92. The van der Waals surface area contributed by atoms with Crippen molar-refractivity contribution in [3.63, 3.8) is 0 Å². The Morgan fingerprint density at radius 2 is 1.26 bits per heavy atom. The summed E-state index contributed by atoms with van der Waals surface area (Å²) < 4.78 is 28.4. The molecule has 0 aliphatic carbocycles. The normalized spacial score (nSPS) is 11.1. The summed E-state index contributed by atoms with van der Waals surface area (Å²) >= 11 is 0. The van der Waals surface area contributed by atoms with E-state index in [9.17, 15) is 13.2 Å². The quantitative estimate of drug-likeness (QED) is 0.350. The van der Waals surface area contributed by atoms with Gasteiger partial charge in [0.15, 0.2) is 0 Å². The van der Waals surface area contributed by atoms with Crippen LogP contribution in [0.2, 0.25) is 0 Å². The van der Waals surface area contributed by atoms with Crippen molar-refractivity contribution in [3.05, 3.63) is 114 Å². The van der Waals surface area contributed by atoms with E-state index in [0.717, 1.165) is 33.5 Å². The second-order valence-corrected chi connectivity index (χ2v) is 9.97. The minimum absolute atomic E-state index is 0.111. The van der Waals surface area contributed by atoms with Crippen molar-refractivity contribution < 1.29 is 13.2 Å². The van der Waals surface area contributed by atoms with Crippen molar-refractivity contribution in [2.75, 3.05) is 10.0 Å². The van der Waals surface area contributed by atoms with Crippen LogP contribution in [0, 0.1) is 13.8 Å². The first kappa shape index (κ1) is 23.3. The van der Waals surface area contributed by atoms with Gasteiger partial charge < -0.3 is 5.32 Å². The molecule has 0 atom stereocenters. The zero-order chi connectivity index (χ0) is 24.1. The molecule has 0 saturated carbocycles. The molecule has 6 heteroatoms. The smallest absolute Gasteiger partial charge is 0.261 e. The molecule has 0 aliphatic heterocycles. The second kappa shape index (κ2) is 9.93. The van der Waals surface area contributed by atoms with Gasteiger partial charge in [0.2, 0.25) is 5.91 Å². The SMILES string of the molecule is Cc1ccc(NC(=O)Cc2cccc(-c3cccc(S(=O)(=O)Nc4ccc(C)cc4)c3)c2)cc1. The highest BCUT2D eigenvalue weighted by atomic mass is 32.2. The zero-order valence-corrected chi connectivity index (χ0v) is 19.9. The van der Waals surface area contributed by atoms with Gasteiger partial charge in [0.25, 0.3) is 10.0 Å². The minimum atomic E-state index is -3.74. The number of amides is 1. The number of nitrogens with one attached hydrogen (secondary N) is 2. The third-order valence-electron chi connectivity index (χ3n) is 5.41. The van der Waals surface area contributed by atoms with Crippen molar-refractivity contribution in [2.45, 2.75) is 25.2 Å². The maximum atomic E-state index is 12.9. The number of carbonyl (C=O) groups excluding carboxylic acids is 1. The van der Waals surface area contributed by atoms with E-state index >= 15 is 0 Å². The average Bonchev–Trinajstić information content (AvgIpc) is 2.82. The summed E-state index contributed by atoms with van der Waals surface area (Å²) in [7, 11) is -3.74. The van der Waals surface area contributed by atoms with Crippen LogP contribution in [0.15, 0.2) is 102 Å². The summed E-state index contributed by atoms with van der Waals surface area (Å²) in [6, 6.07) is 29.2. The number of hydrogen-bond donors (Lipinski definition) is 2. The highest BCUT2D eigenvalue weighted by Gasteiger charge is 2.15. The number of carbonyl (C=O) groups is 1. The first-order valence-corrected chi connectivity index (χ1v) is 12.4.